The predicted octanol–water partition coefficient (Wildman–Crippen LogP) is -4.26. The van der Waals surface area contributed by atoms with Gasteiger partial charge in [-0.2, -0.15) is 0 Å². The van der Waals surface area contributed by atoms with Crippen LogP contribution in [0.25, 0.3) is 0 Å². The molecule has 0 saturated heterocycles. The largest absolute Gasteiger partial charge is 0.480 e. The Hall–Kier alpha value is -2.32. The average molecular weight is 435 g/mol. The number of hydrogen-bond donors (Lipinski definition) is 9. The van der Waals surface area contributed by atoms with Gasteiger partial charge in [0.15, 0.2) is 0 Å². The fourth-order valence-corrected chi connectivity index (χ4v) is 2.35. The summed E-state index contributed by atoms with van der Waals surface area (Å²) in [6.07, 6.45) is -1.43. The van der Waals surface area contributed by atoms with E-state index in [0.29, 0.717) is 19.4 Å². The summed E-state index contributed by atoms with van der Waals surface area (Å²) in [4.78, 5) is 48.0. The Balaban J connectivity index is 5.34. The predicted molar refractivity (Wildman–Crippen MR) is 105 cm³/mol. The van der Waals surface area contributed by atoms with Crippen molar-refractivity contribution >= 4 is 23.7 Å². The number of nitrogens with two attached hydrogens (primary N) is 2. The van der Waals surface area contributed by atoms with Crippen molar-refractivity contribution in [3.05, 3.63) is 0 Å². The highest BCUT2D eigenvalue weighted by atomic mass is 16.4. The smallest absolute Gasteiger partial charge is 0.328 e. The number of unbranched alkanes of at least 4 members (excludes halogenated alkanes) is 1. The summed E-state index contributed by atoms with van der Waals surface area (Å²) in [5.41, 5.74) is 11.0. The molecule has 0 aliphatic carbocycles. The standard InChI is InChI=1S/C17H33N5O8/c1-8(24)12(19)15(27)20-10(5-3-4-6-18)14(26)22-13(9(2)25)16(28)21-11(7-23)17(29)30/h8-13,23-25H,3-7,18-19H2,1-2H3,(H,20,27)(H,21,28)(H,22,26)(H,29,30). The molecule has 174 valence electrons. The Morgan fingerprint density at radius 1 is 0.867 bits per heavy atom. The summed E-state index contributed by atoms with van der Waals surface area (Å²) in [6, 6.07) is -5.60. The van der Waals surface area contributed by atoms with Gasteiger partial charge in [0.2, 0.25) is 17.7 Å². The molecule has 30 heavy (non-hydrogen) atoms. The fraction of sp³-hybridized carbons (Fsp3) is 0.765. The van der Waals surface area contributed by atoms with Gasteiger partial charge < -0.3 is 47.8 Å². The highest BCUT2D eigenvalue weighted by Gasteiger charge is 2.32. The van der Waals surface area contributed by atoms with Gasteiger partial charge in [-0.05, 0) is 39.7 Å². The van der Waals surface area contributed by atoms with Crippen molar-refractivity contribution in [2.24, 2.45) is 11.5 Å². The quantitative estimate of drug-likeness (QED) is 0.119. The van der Waals surface area contributed by atoms with Gasteiger partial charge in [-0.1, -0.05) is 0 Å². The Morgan fingerprint density at radius 3 is 1.87 bits per heavy atom. The normalized spacial score (nSPS) is 17.0. The molecule has 0 fully saturated rings. The van der Waals surface area contributed by atoms with Crippen LogP contribution in [-0.4, -0.2) is 93.6 Å². The second kappa shape index (κ2) is 13.8. The first-order valence-corrected chi connectivity index (χ1v) is 9.52. The topological polar surface area (TPSA) is 237 Å². The van der Waals surface area contributed by atoms with Crippen LogP contribution in [0.2, 0.25) is 0 Å². The molecule has 13 nitrogen and oxygen atoms in total. The van der Waals surface area contributed by atoms with Crippen molar-refractivity contribution in [1.29, 1.82) is 0 Å². The Labute approximate surface area is 174 Å². The van der Waals surface area contributed by atoms with E-state index in [-0.39, 0.29) is 6.42 Å². The Kier molecular flexibility index (Phi) is 12.8. The molecule has 0 saturated carbocycles. The van der Waals surface area contributed by atoms with Crippen LogP contribution in [0.4, 0.5) is 0 Å². The summed E-state index contributed by atoms with van der Waals surface area (Å²) >= 11 is 0. The van der Waals surface area contributed by atoms with Gasteiger partial charge >= 0.3 is 5.97 Å². The molecule has 6 unspecified atom stereocenters. The molecule has 0 bridgehead atoms. The first kappa shape index (κ1) is 27.7. The van der Waals surface area contributed by atoms with Gasteiger partial charge in [-0.3, -0.25) is 14.4 Å². The molecule has 0 spiro atoms. The van der Waals surface area contributed by atoms with E-state index in [2.05, 4.69) is 10.6 Å². The third-order valence-electron chi connectivity index (χ3n) is 4.26. The fourth-order valence-electron chi connectivity index (χ4n) is 2.35. The van der Waals surface area contributed by atoms with E-state index in [1.54, 1.807) is 0 Å². The lowest BCUT2D eigenvalue weighted by Crippen LogP contribution is -2.60. The second-order valence-corrected chi connectivity index (χ2v) is 6.92. The molecule has 0 rings (SSSR count). The number of carbonyl (C=O) groups excluding carboxylic acids is 3. The lowest BCUT2D eigenvalue weighted by atomic mass is 10.1. The number of nitrogens with one attached hydrogen (secondary N) is 3. The summed E-state index contributed by atoms with van der Waals surface area (Å²) in [5.74, 6) is -4.15. The van der Waals surface area contributed by atoms with Crippen LogP contribution in [0.15, 0.2) is 0 Å². The monoisotopic (exact) mass is 435 g/mol. The summed E-state index contributed by atoms with van der Waals surface area (Å²) < 4.78 is 0. The molecule has 0 aliphatic heterocycles. The number of aliphatic hydroxyl groups is 3. The highest BCUT2D eigenvalue weighted by Crippen LogP contribution is 2.04. The van der Waals surface area contributed by atoms with Gasteiger partial charge in [-0.15, -0.1) is 0 Å². The molecule has 0 aromatic heterocycles. The number of carboxylic acids is 1. The molecular formula is C17H33N5O8. The molecule has 13 heteroatoms. The molecule has 0 aromatic carbocycles. The van der Waals surface area contributed by atoms with E-state index in [1.807, 2.05) is 5.32 Å². The lowest BCUT2D eigenvalue weighted by molar-refractivity contribution is -0.144. The van der Waals surface area contributed by atoms with Crippen molar-refractivity contribution in [3.63, 3.8) is 0 Å². The van der Waals surface area contributed by atoms with Crippen LogP contribution >= 0.6 is 0 Å². The minimum atomic E-state index is -1.63. The van der Waals surface area contributed by atoms with Crippen LogP contribution in [0.1, 0.15) is 33.1 Å². The number of hydrogen-bond acceptors (Lipinski definition) is 9. The minimum absolute atomic E-state index is 0.143. The second-order valence-electron chi connectivity index (χ2n) is 6.92. The van der Waals surface area contributed by atoms with Gasteiger partial charge in [0.1, 0.15) is 24.2 Å². The first-order valence-electron chi connectivity index (χ1n) is 9.52. The Bertz CT molecular complexity index is 586. The zero-order valence-electron chi connectivity index (χ0n) is 17.1. The number of carboxylic acid groups (broad SMARTS) is 1. The van der Waals surface area contributed by atoms with Crippen molar-refractivity contribution in [3.8, 4) is 0 Å². The van der Waals surface area contributed by atoms with Crippen molar-refractivity contribution in [2.45, 2.75) is 69.5 Å². The number of rotatable bonds is 14. The average Bonchev–Trinajstić information content (AvgIpc) is 2.67. The summed E-state index contributed by atoms with van der Waals surface area (Å²) in [5, 5.41) is 43.9. The van der Waals surface area contributed by atoms with Crippen LogP contribution in [0.3, 0.4) is 0 Å². The maximum Gasteiger partial charge on any atom is 0.328 e. The van der Waals surface area contributed by atoms with Crippen LogP contribution in [-0.2, 0) is 19.2 Å². The van der Waals surface area contributed by atoms with E-state index < -0.39 is 66.7 Å². The van der Waals surface area contributed by atoms with Crippen LogP contribution in [0.5, 0.6) is 0 Å². The molecule has 0 aliphatic rings. The third-order valence-corrected chi connectivity index (χ3v) is 4.26. The van der Waals surface area contributed by atoms with Crippen molar-refractivity contribution in [1.82, 2.24) is 16.0 Å². The van der Waals surface area contributed by atoms with Crippen molar-refractivity contribution < 1.29 is 39.6 Å². The van der Waals surface area contributed by atoms with Crippen LogP contribution in [0, 0.1) is 0 Å². The number of carbonyl (C=O) groups is 4. The molecule has 6 atom stereocenters. The zero-order valence-corrected chi connectivity index (χ0v) is 17.1. The molecule has 11 N–H and O–H groups in total. The molecule has 0 heterocycles. The van der Waals surface area contributed by atoms with E-state index in [0.717, 1.165) is 0 Å². The molecule has 0 aromatic rings. The Morgan fingerprint density at radius 2 is 1.43 bits per heavy atom. The number of amides is 3. The highest BCUT2D eigenvalue weighted by molar-refractivity contribution is 5.94. The van der Waals surface area contributed by atoms with Crippen LogP contribution < -0.4 is 27.4 Å². The van der Waals surface area contributed by atoms with E-state index in [9.17, 15) is 29.4 Å². The van der Waals surface area contributed by atoms with Gasteiger partial charge in [0, 0.05) is 0 Å². The number of aliphatic carboxylic acids is 1. The third kappa shape index (κ3) is 9.45. The van der Waals surface area contributed by atoms with Gasteiger partial charge in [0.25, 0.3) is 0 Å². The maximum atomic E-state index is 12.7. The summed E-state index contributed by atoms with van der Waals surface area (Å²) in [7, 11) is 0. The summed E-state index contributed by atoms with van der Waals surface area (Å²) in [6.45, 7) is 1.97. The maximum absolute atomic E-state index is 12.7. The molecular weight excluding hydrogens is 402 g/mol. The molecule has 3 amide bonds. The van der Waals surface area contributed by atoms with E-state index >= 15 is 0 Å². The van der Waals surface area contributed by atoms with Gasteiger partial charge in [-0.25, -0.2) is 4.79 Å². The lowest BCUT2D eigenvalue weighted by Gasteiger charge is -2.26. The SMILES string of the molecule is CC(O)C(N)C(=O)NC(CCCCN)C(=O)NC(C(=O)NC(CO)C(=O)O)C(C)O. The molecule has 0 radical (unpaired) electrons. The first-order chi connectivity index (χ1) is 14.0. The number of aliphatic hydroxyl groups excluding tert-OH is 3. The van der Waals surface area contributed by atoms with E-state index in [4.69, 9.17) is 21.7 Å². The zero-order chi connectivity index (χ0) is 23.4. The minimum Gasteiger partial charge on any atom is -0.480 e. The van der Waals surface area contributed by atoms with Crippen molar-refractivity contribution in [2.75, 3.05) is 13.2 Å². The van der Waals surface area contributed by atoms with Gasteiger partial charge in [0.05, 0.1) is 18.8 Å². The van der Waals surface area contributed by atoms with E-state index in [1.165, 1.54) is 13.8 Å².